The van der Waals surface area contributed by atoms with Crippen LogP contribution in [0.25, 0.3) is 6.08 Å². The molecule has 0 radical (unpaired) electrons. The maximum absolute atomic E-state index is 11.5. The van der Waals surface area contributed by atoms with Gasteiger partial charge in [-0.05, 0) is 11.1 Å². The minimum Gasteiger partial charge on any atom is -0.461 e. The van der Waals surface area contributed by atoms with Crippen LogP contribution in [0.1, 0.15) is 17.5 Å². The molecule has 19 heavy (non-hydrogen) atoms. The van der Waals surface area contributed by atoms with Gasteiger partial charge < -0.3 is 4.74 Å². The number of carbonyl (C=O) groups excluding carboxylic acids is 1. The van der Waals surface area contributed by atoms with E-state index in [-0.39, 0.29) is 5.97 Å². The molecule has 2 rings (SSSR count). The molecule has 2 aromatic rings. The summed E-state index contributed by atoms with van der Waals surface area (Å²) < 4.78 is 5.18. The molecule has 0 amide bonds. The summed E-state index contributed by atoms with van der Waals surface area (Å²) in [6, 6.07) is 19.6. The third kappa shape index (κ3) is 4.80. The van der Waals surface area contributed by atoms with E-state index in [1.807, 2.05) is 72.8 Å². The van der Waals surface area contributed by atoms with E-state index in [1.165, 1.54) is 0 Å². The number of carbonyl (C=O) groups is 1. The first-order valence-corrected chi connectivity index (χ1v) is 6.26. The van der Waals surface area contributed by atoms with Crippen molar-refractivity contribution in [1.29, 1.82) is 0 Å². The van der Waals surface area contributed by atoms with Gasteiger partial charge in [-0.1, -0.05) is 72.8 Å². The van der Waals surface area contributed by atoms with Crippen molar-refractivity contribution in [2.24, 2.45) is 0 Å². The zero-order valence-corrected chi connectivity index (χ0v) is 10.7. The van der Waals surface area contributed by atoms with E-state index in [2.05, 4.69) is 0 Å². The predicted molar refractivity (Wildman–Crippen MR) is 76.3 cm³/mol. The van der Waals surface area contributed by atoms with Crippen LogP contribution in [0.5, 0.6) is 0 Å². The van der Waals surface area contributed by atoms with Gasteiger partial charge in [0.15, 0.2) is 0 Å². The topological polar surface area (TPSA) is 26.3 Å². The number of hydrogen-bond acceptors (Lipinski definition) is 2. The number of rotatable bonds is 5. The molecular formula is C17H16O2. The number of ether oxygens (including phenoxy) is 1. The van der Waals surface area contributed by atoms with Crippen LogP contribution in [-0.4, -0.2) is 5.97 Å². The van der Waals surface area contributed by atoms with Crippen molar-refractivity contribution in [3.05, 3.63) is 77.9 Å². The summed E-state index contributed by atoms with van der Waals surface area (Å²) in [5.41, 5.74) is 2.08. The first-order chi connectivity index (χ1) is 9.34. The Morgan fingerprint density at radius 3 is 2.26 bits per heavy atom. The highest BCUT2D eigenvalue weighted by molar-refractivity contribution is 5.72. The standard InChI is InChI=1S/C17H16O2/c18-17(19-14-16-10-5-2-6-11-16)13-7-12-15-8-3-1-4-9-15/h1-12H,13-14H2/b12-7+. The Kier molecular flexibility index (Phi) is 4.94. The SMILES string of the molecule is O=C(C/C=C/c1ccccc1)OCc1ccccc1. The molecule has 96 valence electrons. The molecule has 0 spiro atoms. The first-order valence-electron chi connectivity index (χ1n) is 6.26. The van der Waals surface area contributed by atoms with Gasteiger partial charge in [-0.2, -0.15) is 0 Å². The molecular weight excluding hydrogens is 236 g/mol. The van der Waals surface area contributed by atoms with Crippen LogP contribution in [0.3, 0.4) is 0 Å². The maximum atomic E-state index is 11.5. The normalized spacial score (nSPS) is 10.5. The molecule has 0 bridgehead atoms. The van der Waals surface area contributed by atoms with Crippen molar-refractivity contribution in [2.45, 2.75) is 13.0 Å². The molecule has 0 aliphatic rings. The lowest BCUT2D eigenvalue weighted by atomic mass is 10.2. The van der Waals surface area contributed by atoms with E-state index in [0.29, 0.717) is 13.0 Å². The van der Waals surface area contributed by atoms with E-state index in [9.17, 15) is 4.79 Å². The van der Waals surface area contributed by atoms with Crippen LogP contribution < -0.4 is 0 Å². The molecule has 0 aromatic heterocycles. The highest BCUT2D eigenvalue weighted by Gasteiger charge is 2.00. The minimum atomic E-state index is -0.212. The van der Waals surface area contributed by atoms with Crippen LogP contribution in [-0.2, 0) is 16.1 Å². The summed E-state index contributed by atoms with van der Waals surface area (Å²) >= 11 is 0. The second-order valence-electron chi connectivity index (χ2n) is 4.16. The summed E-state index contributed by atoms with van der Waals surface area (Å²) in [4.78, 5) is 11.5. The van der Waals surface area contributed by atoms with Gasteiger partial charge >= 0.3 is 5.97 Å². The van der Waals surface area contributed by atoms with Gasteiger partial charge in [0.25, 0.3) is 0 Å². The van der Waals surface area contributed by atoms with Crippen molar-refractivity contribution < 1.29 is 9.53 Å². The molecule has 0 unspecified atom stereocenters. The smallest absolute Gasteiger partial charge is 0.309 e. The molecule has 0 N–H and O–H groups in total. The molecule has 0 heterocycles. The Morgan fingerprint density at radius 1 is 0.947 bits per heavy atom. The van der Waals surface area contributed by atoms with Gasteiger partial charge in [-0.3, -0.25) is 4.79 Å². The molecule has 2 nitrogen and oxygen atoms in total. The van der Waals surface area contributed by atoms with Crippen molar-refractivity contribution in [2.75, 3.05) is 0 Å². The summed E-state index contributed by atoms with van der Waals surface area (Å²) in [5.74, 6) is -0.212. The van der Waals surface area contributed by atoms with Gasteiger partial charge in [0.05, 0.1) is 6.42 Å². The van der Waals surface area contributed by atoms with E-state index >= 15 is 0 Å². The van der Waals surface area contributed by atoms with Crippen molar-refractivity contribution in [3.63, 3.8) is 0 Å². The van der Waals surface area contributed by atoms with E-state index < -0.39 is 0 Å². The van der Waals surface area contributed by atoms with Crippen molar-refractivity contribution in [1.82, 2.24) is 0 Å². The fourth-order valence-corrected chi connectivity index (χ4v) is 1.65. The lowest BCUT2D eigenvalue weighted by Crippen LogP contribution is -2.02. The Labute approximate surface area is 113 Å². The Morgan fingerprint density at radius 2 is 1.58 bits per heavy atom. The molecule has 2 heteroatoms. The Bertz CT molecular complexity index is 530. The minimum absolute atomic E-state index is 0.212. The molecule has 0 fully saturated rings. The van der Waals surface area contributed by atoms with Gasteiger partial charge in [-0.15, -0.1) is 0 Å². The zero-order chi connectivity index (χ0) is 13.3. The van der Waals surface area contributed by atoms with Crippen LogP contribution in [0.15, 0.2) is 66.7 Å². The van der Waals surface area contributed by atoms with Crippen LogP contribution in [0.2, 0.25) is 0 Å². The number of esters is 1. The second kappa shape index (κ2) is 7.17. The average Bonchev–Trinajstić information content (AvgIpc) is 2.47. The molecule has 0 saturated carbocycles. The van der Waals surface area contributed by atoms with Crippen LogP contribution in [0.4, 0.5) is 0 Å². The van der Waals surface area contributed by atoms with Crippen LogP contribution >= 0.6 is 0 Å². The number of hydrogen-bond donors (Lipinski definition) is 0. The van der Waals surface area contributed by atoms with Gasteiger partial charge in [0.2, 0.25) is 0 Å². The van der Waals surface area contributed by atoms with Gasteiger partial charge in [-0.25, -0.2) is 0 Å². The first kappa shape index (κ1) is 13.1. The molecule has 0 aliphatic heterocycles. The predicted octanol–water partition coefficient (Wildman–Crippen LogP) is 3.83. The monoisotopic (exact) mass is 252 g/mol. The zero-order valence-electron chi connectivity index (χ0n) is 10.7. The summed E-state index contributed by atoms with van der Waals surface area (Å²) in [6.45, 7) is 0.332. The lowest BCUT2D eigenvalue weighted by molar-refractivity contribution is -0.143. The van der Waals surface area contributed by atoms with Crippen molar-refractivity contribution >= 4 is 12.0 Å². The highest BCUT2D eigenvalue weighted by Crippen LogP contribution is 2.04. The third-order valence-electron chi connectivity index (χ3n) is 2.64. The largest absolute Gasteiger partial charge is 0.461 e. The summed E-state index contributed by atoms with van der Waals surface area (Å²) in [6.07, 6.45) is 4.04. The molecule has 2 aromatic carbocycles. The van der Waals surface area contributed by atoms with Gasteiger partial charge in [0, 0.05) is 0 Å². The quantitative estimate of drug-likeness (QED) is 0.756. The lowest BCUT2D eigenvalue weighted by Gasteiger charge is -2.02. The third-order valence-corrected chi connectivity index (χ3v) is 2.64. The van der Waals surface area contributed by atoms with Crippen molar-refractivity contribution in [3.8, 4) is 0 Å². The highest BCUT2D eigenvalue weighted by atomic mass is 16.5. The Balaban J connectivity index is 1.75. The van der Waals surface area contributed by atoms with Gasteiger partial charge in [0.1, 0.15) is 6.61 Å². The average molecular weight is 252 g/mol. The molecule has 0 atom stereocenters. The summed E-state index contributed by atoms with van der Waals surface area (Å²) in [7, 11) is 0. The molecule has 0 saturated heterocycles. The van der Waals surface area contributed by atoms with Crippen LogP contribution in [0, 0.1) is 0 Å². The fourth-order valence-electron chi connectivity index (χ4n) is 1.65. The molecule has 0 aliphatic carbocycles. The van der Waals surface area contributed by atoms with E-state index in [1.54, 1.807) is 0 Å². The van der Waals surface area contributed by atoms with E-state index in [4.69, 9.17) is 4.74 Å². The fraction of sp³-hybridized carbons (Fsp3) is 0.118. The summed E-state index contributed by atoms with van der Waals surface area (Å²) in [5, 5.41) is 0. The second-order valence-corrected chi connectivity index (χ2v) is 4.16. The number of benzene rings is 2. The Hall–Kier alpha value is -2.35. The maximum Gasteiger partial charge on any atom is 0.309 e. The van der Waals surface area contributed by atoms with E-state index in [0.717, 1.165) is 11.1 Å².